The highest BCUT2D eigenvalue weighted by Crippen LogP contribution is 2.38. The number of benzene rings is 2. The molecule has 2 aliphatic rings. The summed E-state index contributed by atoms with van der Waals surface area (Å²) in [5.41, 5.74) is 1.89. The molecule has 5 heteroatoms. The van der Waals surface area contributed by atoms with Crippen LogP contribution in [0.2, 0.25) is 0 Å². The van der Waals surface area contributed by atoms with Crippen LogP contribution in [0.4, 0.5) is 10.5 Å². The molecular formula is C23H28N4O. The van der Waals surface area contributed by atoms with Gasteiger partial charge in [0.05, 0.1) is 0 Å². The molecule has 1 spiro atoms. The van der Waals surface area contributed by atoms with Crippen molar-refractivity contribution in [3.8, 4) is 0 Å². The molecule has 2 saturated heterocycles. The fraction of sp³-hybridized carbons (Fsp3) is 0.391. The van der Waals surface area contributed by atoms with E-state index in [-0.39, 0.29) is 17.6 Å². The maximum absolute atomic E-state index is 12.9. The standard InChI is InChI=1S/C23H28N4O/c1-18(2)24-21-23(27(22(28)25-21)20-11-7-4-8-12-20)13-15-26(16-14-23)17-19-9-5-3-6-10-19/h3-12,18H,13-17H2,1-2H3,(H,24,25,28). The summed E-state index contributed by atoms with van der Waals surface area (Å²) in [5, 5.41) is 3.08. The van der Waals surface area contributed by atoms with Gasteiger partial charge in [0.15, 0.2) is 0 Å². The minimum atomic E-state index is -0.379. The van der Waals surface area contributed by atoms with Gasteiger partial charge in [-0.05, 0) is 44.4 Å². The molecule has 2 aliphatic heterocycles. The minimum Gasteiger partial charge on any atom is -0.299 e. The van der Waals surface area contributed by atoms with Gasteiger partial charge in [-0.1, -0.05) is 48.5 Å². The van der Waals surface area contributed by atoms with Crippen LogP contribution in [0.25, 0.3) is 0 Å². The fourth-order valence-corrected chi connectivity index (χ4v) is 4.31. The van der Waals surface area contributed by atoms with Gasteiger partial charge in [0.25, 0.3) is 0 Å². The van der Waals surface area contributed by atoms with E-state index in [1.54, 1.807) is 0 Å². The molecule has 0 radical (unpaired) electrons. The topological polar surface area (TPSA) is 47.9 Å². The van der Waals surface area contributed by atoms with Crippen LogP contribution in [0.3, 0.4) is 0 Å². The first kappa shape index (κ1) is 18.7. The Kier molecular flexibility index (Phi) is 5.18. The van der Waals surface area contributed by atoms with Crippen molar-refractivity contribution < 1.29 is 4.79 Å². The van der Waals surface area contributed by atoms with Crippen molar-refractivity contribution >= 4 is 17.6 Å². The van der Waals surface area contributed by atoms with Crippen LogP contribution in [0, 0.1) is 0 Å². The molecule has 0 saturated carbocycles. The van der Waals surface area contributed by atoms with Gasteiger partial charge in [-0.3, -0.25) is 20.1 Å². The van der Waals surface area contributed by atoms with Crippen LogP contribution in [-0.2, 0) is 6.54 Å². The number of hydrogen-bond acceptors (Lipinski definition) is 3. The summed E-state index contributed by atoms with van der Waals surface area (Å²) >= 11 is 0. The molecular weight excluding hydrogens is 348 g/mol. The number of nitrogens with zero attached hydrogens (tertiary/aromatic N) is 3. The summed E-state index contributed by atoms with van der Waals surface area (Å²) in [5.74, 6) is 0.829. The smallest absolute Gasteiger partial charge is 0.299 e. The number of anilines is 1. The van der Waals surface area contributed by atoms with Crippen molar-refractivity contribution in [1.29, 1.82) is 0 Å². The molecule has 146 valence electrons. The monoisotopic (exact) mass is 376 g/mol. The molecule has 0 unspecified atom stereocenters. The first-order valence-corrected chi connectivity index (χ1v) is 10.1. The summed E-state index contributed by atoms with van der Waals surface area (Å²) < 4.78 is 0. The van der Waals surface area contributed by atoms with E-state index in [4.69, 9.17) is 4.99 Å². The molecule has 1 N–H and O–H groups in total. The van der Waals surface area contributed by atoms with Gasteiger partial charge >= 0.3 is 6.03 Å². The third-order valence-corrected chi connectivity index (χ3v) is 5.63. The Morgan fingerprint density at radius 3 is 2.21 bits per heavy atom. The van der Waals surface area contributed by atoms with Crippen molar-refractivity contribution in [3.63, 3.8) is 0 Å². The lowest BCUT2D eigenvalue weighted by Gasteiger charge is -2.43. The number of carbonyl (C=O) groups excluding carboxylic acids is 1. The lowest BCUT2D eigenvalue weighted by Crippen LogP contribution is -2.56. The highest BCUT2D eigenvalue weighted by molar-refractivity contribution is 6.19. The van der Waals surface area contributed by atoms with Crippen molar-refractivity contribution in [2.45, 2.75) is 44.8 Å². The number of amidine groups is 1. The SMILES string of the molecule is CC(C)N=C1NC(=O)N(c2ccccc2)C12CCN(Cc1ccccc1)CC2. The summed E-state index contributed by atoms with van der Waals surface area (Å²) in [6.07, 6.45) is 1.75. The summed E-state index contributed by atoms with van der Waals surface area (Å²) in [7, 11) is 0. The van der Waals surface area contributed by atoms with E-state index < -0.39 is 0 Å². The number of rotatable bonds is 4. The zero-order valence-corrected chi connectivity index (χ0v) is 16.6. The Balaban J connectivity index is 1.61. The number of carbonyl (C=O) groups is 1. The van der Waals surface area contributed by atoms with E-state index in [1.807, 2.05) is 35.2 Å². The molecule has 5 nitrogen and oxygen atoms in total. The van der Waals surface area contributed by atoms with Gasteiger partial charge in [-0.2, -0.15) is 0 Å². The van der Waals surface area contributed by atoms with Crippen LogP contribution in [0.1, 0.15) is 32.3 Å². The van der Waals surface area contributed by atoms with Crippen molar-refractivity contribution in [1.82, 2.24) is 10.2 Å². The second-order valence-corrected chi connectivity index (χ2v) is 7.97. The molecule has 2 fully saturated rings. The van der Waals surface area contributed by atoms with Gasteiger partial charge in [0.1, 0.15) is 11.4 Å². The Morgan fingerprint density at radius 2 is 1.61 bits per heavy atom. The fourth-order valence-electron chi connectivity index (χ4n) is 4.31. The molecule has 2 amide bonds. The second kappa shape index (κ2) is 7.76. The number of nitrogens with one attached hydrogen (secondary N) is 1. The predicted molar refractivity (Wildman–Crippen MR) is 114 cm³/mol. The largest absolute Gasteiger partial charge is 0.328 e. The van der Waals surface area contributed by atoms with Gasteiger partial charge < -0.3 is 0 Å². The molecule has 0 atom stereocenters. The highest BCUT2D eigenvalue weighted by Gasteiger charge is 2.52. The number of likely N-dealkylation sites (tertiary alicyclic amines) is 1. The Morgan fingerprint density at radius 1 is 1.00 bits per heavy atom. The predicted octanol–water partition coefficient (Wildman–Crippen LogP) is 4.06. The van der Waals surface area contributed by atoms with E-state index in [2.05, 4.69) is 54.4 Å². The number of para-hydroxylation sites is 1. The van der Waals surface area contributed by atoms with Crippen LogP contribution < -0.4 is 10.2 Å². The zero-order chi connectivity index (χ0) is 19.6. The summed E-state index contributed by atoms with van der Waals surface area (Å²) in [6.45, 7) is 6.93. The van der Waals surface area contributed by atoms with E-state index >= 15 is 0 Å². The molecule has 2 heterocycles. The maximum Gasteiger partial charge on any atom is 0.328 e. The van der Waals surface area contributed by atoms with Crippen molar-refractivity contribution in [2.75, 3.05) is 18.0 Å². The molecule has 0 bridgehead atoms. The summed E-state index contributed by atoms with van der Waals surface area (Å²) in [4.78, 5) is 22.2. The average molecular weight is 377 g/mol. The third-order valence-electron chi connectivity index (χ3n) is 5.63. The molecule has 2 aromatic carbocycles. The Labute approximate surface area is 167 Å². The van der Waals surface area contributed by atoms with Gasteiger partial charge in [-0.15, -0.1) is 0 Å². The summed E-state index contributed by atoms with van der Waals surface area (Å²) in [6, 6.07) is 20.6. The molecule has 0 aliphatic carbocycles. The van der Waals surface area contributed by atoms with Crippen molar-refractivity contribution in [3.05, 3.63) is 66.2 Å². The molecule has 0 aromatic heterocycles. The number of piperidine rings is 1. The second-order valence-electron chi connectivity index (χ2n) is 7.97. The molecule has 2 aromatic rings. The van der Waals surface area contributed by atoms with E-state index in [0.29, 0.717) is 0 Å². The van der Waals surface area contributed by atoms with Crippen LogP contribution in [0.5, 0.6) is 0 Å². The first-order chi connectivity index (χ1) is 13.6. The Bertz CT molecular complexity index is 839. The number of hydrogen-bond donors (Lipinski definition) is 1. The maximum atomic E-state index is 12.9. The Hall–Kier alpha value is -2.66. The third kappa shape index (κ3) is 3.54. The van der Waals surface area contributed by atoms with E-state index in [0.717, 1.165) is 44.0 Å². The van der Waals surface area contributed by atoms with Gasteiger partial charge in [-0.25, -0.2) is 4.79 Å². The van der Waals surface area contributed by atoms with Crippen LogP contribution >= 0.6 is 0 Å². The van der Waals surface area contributed by atoms with Crippen LogP contribution in [-0.4, -0.2) is 41.4 Å². The number of aliphatic imine (C=N–C) groups is 1. The van der Waals surface area contributed by atoms with E-state index in [9.17, 15) is 4.79 Å². The zero-order valence-electron chi connectivity index (χ0n) is 16.6. The molecule has 28 heavy (non-hydrogen) atoms. The first-order valence-electron chi connectivity index (χ1n) is 10.1. The lowest BCUT2D eigenvalue weighted by molar-refractivity contribution is 0.184. The minimum absolute atomic E-state index is 0.0675. The number of urea groups is 1. The van der Waals surface area contributed by atoms with Gasteiger partial charge in [0, 0.05) is 31.4 Å². The lowest BCUT2D eigenvalue weighted by atomic mass is 9.84. The molecule has 4 rings (SSSR count). The van der Waals surface area contributed by atoms with Crippen LogP contribution in [0.15, 0.2) is 65.7 Å². The number of amides is 2. The normalized spacial score (nSPS) is 20.9. The van der Waals surface area contributed by atoms with E-state index in [1.165, 1.54) is 5.56 Å². The highest BCUT2D eigenvalue weighted by atomic mass is 16.2. The van der Waals surface area contributed by atoms with Gasteiger partial charge in [0.2, 0.25) is 0 Å². The quantitative estimate of drug-likeness (QED) is 0.875. The van der Waals surface area contributed by atoms with Crippen molar-refractivity contribution in [2.24, 2.45) is 4.99 Å². The average Bonchev–Trinajstić information content (AvgIpc) is 2.95.